The Hall–Kier alpha value is -1.13. The minimum atomic E-state index is 0.774. The van der Waals surface area contributed by atoms with E-state index in [1.807, 2.05) is 0 Å². The number of aromatic nitrogens is 2. The van der Waals surface area contributed by atoms with Crippen LogP contribution in [-0.2, 0) is 13.7 Å². The smallest absolute Gasteiger partial charge is 0.181 e. The lowest BCUT2D eigenvalue weighted by atomic mass is 10.3. The number of hydrogen-bond donors (Lipinski definition) is 0. The van der Waals surface area contributed by atoms with Crippen molar-refractivity contribution in [2.45, 2.75) is 32.5 Å². The molecule has 0 spiro atoms. The molecule has 0 amide bonds. The van der Waals surface area contributed by atoms with Gasteiger partial charge in [-0.05, 0) is 43.7 Å². The third-order valence-electron chi connectivity index (χ3n) is 3.84. The monoisotopic (exact) mass is 261 g/mol. The minimum absolute atomic E-state index is 0.774. The maximum absolute atomic E-state index is 5.57. The van der Waals surface area contributed by atoms with Crippen molar-refractivity contribution in [2.24, 2.45) is 7.05 Å². The number of rotatable bonds is 4. The van der Waals surface area contributed by atoms with Gasteiger partial charge in [-0.15, -0.1) is 0 Å². The average molecular weight is 261 g/mol. The molecule has 18 heavy (non-hydrogen) atoms. The van der Waals surface area contributed by atoms with Gasteiger partial charge in [-0.25, -0.2) is 0 Å². The van der Waals surface area contributed by atoms with Crippen LogP contribution >= 0.6 is 12.2 Å². The van der Waals surface area contributed by atoms with Crippen molar-refractivity contribution in [3.05, 3.63) is 29.0 Å². The summed E-state index contributed by atoms with van der Waals surface area (Å²) < 4.78 is 5.27. The summed E-state index contributed by atoms with van der Waals surface area (Å²) in [5.41, 5.74) is 2.46. The molecule has 96 valence electrons. The topological polar surface area (TPSA) is 13.1 Å². The molecular weight excluding hydrogens is 242 g/mol. The van der Waals surface area contributed by atoms with Gasteiger partial charge in [0, 0.05) is 13.1 Å². The molecule has 0 N–H and O–H groups in total. The first-order valence-electron chi connectivity index (χ1n) is 6.60. The fraction of sp³-hybridized carbons (Fsp3) is 0.500. The predicted molar refractivity (Wildman–Crippen MR) is 77.1 cm³/mol. The molecule has 1 aromatic carbocycles. The minimum Gasteiger partial charge on any atom is -0.320 e. The van der Waals surface area contributed by atoms with E-state index in [2.05, 4.69) is 52.3 Å². The van der Waals surface area contributed by atoms with Gasteiger partial charge in [-0.3, -0.25) is 4.90 Å². The van der Waals surface area contributed by atoms with Crippen LogP contribution in [0, 0.1) is 4.77 Å². The number of nitrogens with zero attached hydrogens (tertiary/aromatic N) is 3. The molecule has 3 nitrogen and oxygen atoms in total. The second kappa shape index (κ2) is 4.52. The van der Waals surface area contributed by atoms with Crippen molar-refractivity contribution >= 4 is 23.3 Å². The molecule has 1 aromatic heterocycles. The zero-order valence-electron chi connectivity index (χ0n) is 11.0. The summed E-state index contributed by atoms with van der Waals surface area (Å²) >= 11 is 5.57. The van der Waals surface area contributed by atoms with Crippen LogP contribution in [0.5, 0.6) is 0 Å². The summed E-state index contributed by atoms with van der Waals surface area (Å²) in [7, 11) is 2.05. The lowest BCUT2D eigenvalue weighted by Gasteiger charge is -2.20. The Morgan fingerprint density at radius 3 is 2.56 bits per heavy atom. The third-order valence-corrected chi connectivity index (χ3v) is 4.34. The molecule has 0 aliphatic heterocycles. The number of para-hydroxylation sites is 2. The van der Waals surface area contributed by atoms with Crippen LogP contribution in [-0.4, -0.2) is 26.6 Å². The highest BCUT2D eigenvalue weighted by Crippen LogP contribution is 2.28. The zero-order chi connectivity index (χ0) is 12.7. The highest BCUT2D eigenvalue weighted by molar-refractivity contribution is 7.71. The normalized spacial score (nSPS) is 15.7. The van der Waals surface area contributed by atoms with Crippen LogP contribution in [0.2, 0.25) is 0 Å². The molecule has 2 aromatic rings. The van der Waals surface area contributed by atoms with E-state index in [0.717, 1.165) is 24.0 Å². The molecule has 1 fully saturated rings. The highest BCUT2D eigenvalue weighted by Gasteiger charge is 2.28. The van der Waals surface area contributed by atoms with Crippen molar-refractivity contribution in [1.82, 2.24) is 14.0 Å². The first kappa shape index (κ1) is 11.9. The van der Waals surface area contributed by atoms with E-state index in [4.69, 9.17) is 12.2 Å². The molecule has 4 heteroatoms. The first-order chi connectivity index (χ1) is 8.72. The van der Waals surface area contributed by atoms with Crippen molar-refractivity contribution in [3.8, 4) is 0 Å². The number of fused-ring (bicyclic) bond motifs is 1. The summed E-state index contributed by atoms with van der Waals surface area (Å²) in [5, 5.41) is 0. The quantitative estimate of drug-likeness (QED) is 0.784. The summed E-state index contributed by atoms with van der Waals surface area (Å²) in [6.45, 7) is 4.24. The number of benzene rings is 1. The molecule has 3 rings (SSSR count). The van der Waals surface area contributed by atoms with Crippen LogP contribution in [0.25, 0.3) is 11.0 Å². The SMILES string of the molecule is CCN(Cn1c(=S)n(C)c2ccccc21)C1CC1. The summed E-state index contributed by atoms with van der Waals surface area (Å²) in [4.78, 5) is 2.52. The Morgan fingerprint density at radius 1 is 1.28 bits per heavy atom. The second-order valence-corrected chi connectivity index (χ2v) is 5.40. The summed E-state index contributed by atoms with van der Waals surface area (Å²) in [5.74, 6) is 0. The third kappa shape index (κ3) is 1.89. The molecule has 0 saturated heterocycles. The van der Waals surface area contributed by atoms with E-state index < -0.39 is 0 Å². The van der Waals surface area contributed by atoms with Gasteiger partial charge in [0.15, 0.2) is 4.77 Å². The molecule has 1 heterocycles. The van der Waals surface area contributed by atoms with Crippen molar-refractivity contribution in [2.75, 3.05) is 6.54 Å². The van der Waals surface area contributed by atoms with Crippen LogP contribution in [0.1, 0.15) is 19.8 Å². The van der Waals surface area contributed by atoms with Crippen LogP contribution in [0.15, 0.2) is 24.3 Å². The lowest BCUT2D eigenvalue weighted by Crippen LogP contribution is -2.28. The van der Waals surface area contributed by atoms with Gasteiger partial charge in [-0.2, -0.15) is 0 Å². The van der Waals surface area contributed by atoms with E-state index in [0.29, 0.717) is 0 Å². The summed E-state index contributed by atoms with van der Waals surface area (Å²) in [6.07, 6.45) is 2.68. The molecule has 1 aliphatic rings. The first-order valence-corrected chi connectivity index (χ1v) is 7.01. The second-order valence-electron chi connectivity index (χ2n) is 5.04. The van der Waals surface area contributed by atoms with Crippen LogP contribution in [0.4, 0.5) is 0 Å². The van der Waals surface area contributed by atoms with Gasteiger partial charge in [0.25, 0.3) is 0 Å². The van der Waals surface area contributed by atoms with Gasteiger partial charge in [0.1, 0.15) is 0 Å². The number of aryl methyl sites for hydroxylation is 1. The van der Waals surface area contributed by atoms with E-state index in [1.165, 1.54) is 23.9 Å². The van der Waals surface area contributed by atoms with Crippen LogP contribution < -0.4 is 0 Å². The van der Waals surface area contributed by atoms with Gasteiger partial charge in [0.05, 0.1) is 17.7 Å². The molecule has 0 unspecified atom stereocenters. The van der Waals surface area contributed by atoms with Crippen molar-refractivity contribution in [1.29, 1.82) is 0 Å². The number of imidazole rings is 1. The predicted octanol–water partition coefficient (Wildman–Crippen LogP) is 3.15. The molecule has 1 aliphatic carbocycles. The van der Waals surface area contributed by atoms with E-state index in [9.17, 15) is 0 Å². The maximum atomic E-state index is 5.57. The highest BCUT2D eigenvalue weighted by atomic mass is 32.1. The fourth-order valence-corrected chi connectivity index (χ4v) is 2.85. The Labute approximate surface area is 113 Å². The molecular formula is C14H19N3S. The molecule has 1 saturated carbocycles. The average Bonchev–Trinajstić information content (AvgIpc) is 3.20. The standard InChI is InChI=1S/C14H19N3S/c1-3-16(11-8-9-11)10-17-13-7-5-4-6-12(13)15(2)14(17)18/h4-7,11H,3,8-10H2,1-2H3. The van der Waals surface area contributed by atoms with Gasteiger partial charge < -0.3 is 9.13 Å². The Balaban J connectivity index is 2.05. The van der Waals surface area contributed by atoms with E-state index in [1.54, 1.807) is 0 Å². The van der Waals surface area contributed by atoms with E-state index in [-0.39, 0.29) is 0 Å². The summed E-state index contributed by atoms with van der Waals surface area (Å²) in [6, 6.07) is 9.22. The molecule has 0 radical (unpaired) electrons. The van der Waals surface area contributed by atoms with Crippen LogP contribution in [0.3, 0.4) is 0 Å². The largest absolute Gasteiger partial charge is 0.320 e. The molecule has 0 bridgehead atoms. The maximum Gasteiger partial charge on any atom is 0.181 e. The van der Waals surface area contributed by atoms with Gasteiger partial charge in [-0.1, -0.05) is 19.1 Å². The Morgan fingerprint density at radius 2 is 1.94 bits per heavy atom. The number of hydrogen-bond acceptors (Lipinski definition) is 2. The Kier molecular flexibility index (Phi) is 2.99. The Bertz CT molecular complexity index is 621. The van der Waals surface area contributed by atoms with E-state index >= 15 is 0 Å². The van der Waals surface area contributed by atoms with Gasteiger partial charge in [0.2, 0.25) is 0 Å². The van der Waals surface area contributed by atoms with Crippen molar-refractivity contribution < 1.29 is 0 Å². The van der Waals surface area contributed by atoms with Crippen molar-refractivity contribution in [3.63, 3.8) is 0 Å². The fourth-order valence-electron chi connectivity index (χ4n) is 2.59. The lowest BCUT2D eigenvalue weighted by molar-refractivity contribution is 0.221. The van der Waals surface area contributed by atoms with Gasteiger partial charge >= 0.3 is 0 Å². The zero-order valence-corrected chi connectivity index (χ0v) is 11.8. The molecule has 0 atom stereocenters.